The molecule has 0 heterocycles. The quantitative estimate of drug-likeness (QED) is 0.540. The third-order valence-corrected chi connectivity index (χ3v) is 3.37. The van der Waals surface area contributed by atoms with E-state index in [9.17, 15) is 9.59 Å². The van der Waals surface area contributed by atoms with Gasteiger partial charge in [0, 0.05) is 19.0 Å². The van der Waals surface area contributed by atoms with Crippen LogP contribution in [0.15, 0.2) is 12.7 Å². The minimum absolute atomic E-state index is 0.0698. The maximum absolute atomic E-state index is 11.6. The first-order valence-corrected chi connectivity index (χ1v) is 7.23. The van der Waals surface area contributed by atoms with Crippen molar-refractivity contribution in [2.24, 2.45) is 11.8 Å². The molecule has 20 heavy (non-hydrogen) atoms. The Balaban J connectivity index is 3.95. The predicted octanol–water partition coefficient (Wildman–Crippen LogP) is 2.78. The van der Waals surface area contributed by atoms with Crippen molar-refractivity contribution in [2.75, 3.05) is 6.54 Å². The van der Waals surface area contributed by atoms with Gasteiger partial charge >= 0.3 is 12.0 Å². The summed E-state index contributed by atoms with van der Waals surface area (Å²) in [7, 11) is 0. The number of hydrogen-bond donors (Lipinski definition) is 3. The average molecular weight is 284 g/mol. The highest BCUT2D eigenvalue weighted by Gasteiger charge is 2.15. The van der Waals surface area contributed by atoms with E-state index < -0.39 is 5.97 Å². The van der Waals surface area contributed by atoms with E-state index in [-0.39, 0.29) is 18.5 Å². The first-order valence-electron chi connectivity index (χ1n) is 7.23. The molecular formula is C15H28N2O3. The van der Waals surface area contributed by atoms with Gasteiger partial charge in [0.05, 0.1) is 0 Å². The molecule has 0 aliphatic carbocycles. The first kappa shape index (κ1) is 18.5. The Morgan fingerprint density at radius 3 is 2.40 bits per heavy atom. The Bertz CT molecular complexity index is 316. The van der Waals surface area contributed by atoms with Crippen molar-refractivity contribution in [3.63, 3.8) is 0 Å². The highest BCUT2D eigenvalue weighted by molar-refractivity contribution is 5.74. The molecule has 0 aliphatic heterocycles. The standard InChI is InChI=1S/C15H28N2O3/c1-5-6-12(4)17-15(20)16-10-9-13(11(2)3)7-8-14(18)19/h5,11-13H,1,6-10H2,2-4H3,(H,18,19)(H2,16,17,20). The molecule has 0 rings (SSSR count). The van der Waals surface area contributed by atoms with E-state index in [1.807, 2.05) is 6.92 Å². The van der Waals surface area contributed by atoms with Crippen LogP contribution < -0.4 is 10.6 Å². The van der Waals surface area contributed by atoms with Gasteiger partial charge in [-0.05, 0) is 38.0 Å². The van der Waals surface area contributed by atoms with Crippen LogP contribution >= 0.6 is 0 Å². The van der Waals surface area contributed by atoms with Gasteiger partial charge in [-0.2, -0.15) is 0 Å². The number of carbonyl (C=O) groups is 2. The highest BCUT2D eigenvalue weighted by Crippen LogP contribution is 2.20. The molecule has 0 aliphatic rings. The van der Waals surface area contributed by atoms with Gasteiger partial charge in [0.2, 0.25) is 0 Å². The van der Waals surface area contributed by atoms with Gasteiger partial charge in [-0.15, -0.1) is 6.58 Å². The normalized spacial score (nSPS) is 13.6. The molecule has 5 heteroatoms. The number of aliphatic carboxylic acids is 1. The molecule has 0 saturated heterocycles. The molecule has 0 saturated carbocycles. The van der Waals surface area contributed by atoms with E-state index >= 15 is 0 Å². The molecule has 0 spiro atoms. The molecule has 0 bridgehead atoms. The van der Waals surface area contributed by atoms with Gasteiger partial charge < -0.3 is 15.7 Å². The van der Waals surface area contributed by atoms with Gasteiger partial charge in [0.15, 0.2) is 0 Å². The van der Waals surface area contributed by atoms with Crippen molar-refractivity contribution in [3.8, 4) is 0 Å². The van der Waals surface area contributed by atoms with E-state index in [2.05, 4.69) is 31.1 Å². The number of carboxylic acid groups (broad SMARTS) is 1. The lowest BCUT2D eigenvalue weighted by atomic mass is 9.88. The van der Waals surface area contributed by atoms with Gasteiger partial charge in [-0.25, -0.2) is 4.79 Å². The van der Waals surface area contributed by atoms with Crippen LogP contribution in [-0.2, 0) is 4.79 Å². The summed E-state index contributed by atoms with van der Waals surface area (Å²) in [4.78, 5) is 22.2. The fourth-order valence-corrected chi connectivity index (χ4v) is 2.07. The maximum Gasteiger partial charge on any atom is 0.315 e. The number of amides is 2. The number of rotatable bonds is 10. The van der Waals surface area contributed by atoms with Crippen molar-refractivity contribution >= 4 is 12.0 Å². The van der Waals surface area contributed by atoms with Crippen LogP contribution in [0.2, 0.25) is 0 Å². The summed E-state index contributed by atoms with van der Waals surface area (Å²) >= 11 is 0. The first-order chi connectivity index (χ1) is 9.36. The van der Waals surface area contributed by atoms with Crippen LogP contribution in [0.4, 0.5) is 4.79 Å². The lowest BCUT2D eigenvalue weighted by Crippen LogP contribution is -2.41. The lowest BCUT2D eigenvalue weighted by Gasteiger charge is -2.20. The zero-order valence-corrected chi connectivity index (χ0v) is 12.8. The number of hydrogen-bond acceptors (Lipinski definition) is 2. The third-order valence-electron chi connectivity index (χ3n) is 3.37. The van der Waals surface area contributed by atoms with E-state index in [1.165, 1.54) is 0 Å². The Labute approximate surface area is 121 Å². The smallest absolute Gasteiger partial charge is 0.315 e. The van der Waals surface area contributed by atoms with Crippen molar-refractivity contribution < 1.29 is 14.7 Å². The summed E-state index contributed by atoms with van der Waals surface area (Å²) < 4.78 is 0. The number of nitrogens with one attached hydrogen (secondary N) is 2. The van der Waals surface area contributed by atoms with Crippen molar-refractivity contribution in [1.29, 1.82) is 0 Å². The van der Waals surface area contributed by atoms with Crippen LogP contribution in [0.1, 0.15) is 46.5 Å². The topological polar surface area (TPSA) is 78.4 Å². The van der Waals surface area contributed by atoms with E-state index in [0.717, 1.165) is 12.8 Å². The molecule has 2 unspecified atom stereocenters. The van der Waals surface area contributed by atoms with E-state index in [0.29, 0.717) is 24.8 Å². The Morgan fingerprint density at radius 2 is 1.90 bits per heavy atom. The maximum atomic E-state index is 11.6. The summed E-state index contributed by atoms with van der Waals surface area (Å²) in [5.41, 5.74) is 0. The summed E-state index contributed by atoms with van der Waals surface area (Å²) in [5.74, 6) is -0.0319. The van der Waals surface area contributed by atoms with Crippen molar-refractivity contribution in [1.82, 2.24) is 10.6 Å². The Kier molecular flexibility index (Phi) is 9.51. The summed E-state index contributed by atoms with van der Waals surface area (Å²) in [6.45, 7) is 10.3. The monoisotopic (exact) mass is 284 g/mol. The molecule has 0 aromatic heterocycles. The van der Waals surface area contributed by atoms with Crippen LogP contribution in [0.5, 0.6) is 0 Å². The number of carboxylic acids is 1. The summed E-state index contributed by atoms with van der Waals surface area (Å²) in [5, 5.41) is 14.4. The predicted molar refractivity (Wildman–Crippen MR) is 80.6 cm³/mol. The zero-order chi connectivity index (χ0) is 15.5. The largest absolute Gasteiger partial charge is 0.481 e. The average Bonchev–Trinajstić information content (AvgIpc) is 2.32. The minimum atomic E-state index is -0.764. The fraction of sp³-hybridized carbons (Fsp3) is 0.733. The fourth-order valence-electron chi connectivity index (χ4n) is 2.07. The lowest BCUT2D eigenvalue weighted by molar-refractivity contribution is -0.137. The second kappa shape index (κ2) is 10.3. The van der Waals surface area contributed by atoms with Crippen LogP contribution in [-0.4, -0.2) is 29.7 Å². The molecule has 3 N–H and O–H groups in total. The number of carbonyl (C=O) groups excluding carboxylic acids is 1. The molecule has 2 amide bonds. The van der Waals surface area contributed by atoms with Crippen LogP contribution in [0.3, 0.4) is 0 Å². The van der Waals surface area contributed by atoms with Crippen molar-refractivity contribution in [3.05, 3.63) is 12.7 Å². The molecule has 116 valence electrons. The third kappa shape index (κ3) is 9.42. The van der Waals surface area contributed by atoms with Gasteiger partial charge in [-0.3, -0.25) is 4.79 Å². The molecule has 0 fully saturated rings. The SMILES string of the molecule is C=CCC(C)NC(=O)NCCC(CCC(=O)O)C(C)C. The molecular weight excluding hydrogens is 256 g/mol. The second-order valence-electron chi connectivity index (χ2n) is 5.55. The molecule has 2 atom stereocenters. The summed E-state index contributed by atoms with van der Waals surface area (Å²) in [6, 6.07) is -0.111. The van der Waals surface area contributed by atoms with E-state index in [1.54, 1.807) is 6.08 Å². The second-order valence-corrected chi connectivity index (χ2v) is 5.55. The van der Waals surface area contributed by atoms with Crippen LogP contribution in [0, 0.1) is 11.8 Å². The minimum Gasteiger partial charge on any atom is -0.481 e. The highest BCUT2D eigenvalue weighted by atomic mass is 16.4. The molecule has 5 nitrogen and oxygen atoms in total. The molecule has 0 aromatic rings. The van der Waals surface area contributed by atoms with Crippen molar-refractivity contribution in [2.45, 2.75) is 52.5 Å². The van der Waals surface area contributed by atoms with E-state index in [4.69, 9.17) is 5.11 Å². The zero-order valence-electron chi connectivity index (χ0n) is 12.8. The van der Waals surface area contributed by atoms with Gasteiger partial charge in [-0.1, -0.05) is 19.9 Å². The number of urea groups is 1. The Hall–Kier alpha value is -1.52. The van der Waals surface area contributed by atoms with Gasteiger partial charge in [0.25, 0.3) is 0 Å². The Morgan fingerprint density at radius 1 is 1.25 bits per heavy atom. The van der Waals surface area contributed by atoms with Gasteiger partial charge in [0.1, 0.15) is 0 Å². The van der Waals surface area contributed by atoms with Crippen LogP contribution in [0.25, 0.3) is 0 Å². The summed E-state index contributed by atoms with van der Waals surface area (Å²) in [6.07, 6.45) is 4.15. The molecule has 0 radical (unpaired) electrons. The molecule has 0 aromatic carbocycles.